The van der Waals surface area contributed by atoms with Crippen molar-refractivity contribution in [3.8, 4) is 5.75 Å². The summed E-state index contributed by atoms with van der Waals surface area (Å²) >= 11 is 0. The molecule has 0 heterocycles. The molecule has 1 N–H and O–H groups in total. The molecule has 6 nitrogen and oxygen atoms in total. The highest BCUT2D eigenvalue weighted by Crippen LogP contribution is 2.24. The lowest BCUT2D eigenvalue weighted by Crippen LogP contribution is -2.38. The minimum Gasteiger partial charge on any atom is -0.469 e. The molecule has 0 fully saturated rings. The summed E-state index contributed by atoms with van der Waals surface area (Å²) < 4.78 is 72.5. The van der Waals surface area contributed by atoms with Gasteiger partial charge in [0.05, 0.1) is 18.4 Å². The fourth-order valence-electron chi connectivity index (χ4n) is 2.45. The lowest BCUT2D eigenvalue weighted by molar-refractivity contribution is -0.274. The van der Waals surface area contributed by atoms with E-state index in [1.165, 1.54) is 7.11 Å². The Morgan fingerprint density at radius 2 is 1.68 bits per heavy atom. The van der Waals surface area contributed by atoms with E-state index in [2.05, 4.69) is 14.2 Å². The molecule has 1 atom stereocenters. The summed E-state index contributed by atoms with van der Waals surface area (Å²) in [6, 6.07) is 11.9. The SMILES string of the molecule is COC(=O)CC(Cc1ccccc1)NS(=O)(=O)c1ccc(OC(F)(F)F)cc1. The van der Waals surface area contributed by atoms with Crippen LogP contribution < -0.4 is 9.46 Å². The molecule has 0 radical (unpaired) electrons. The van der Waals surface area contributed by atoms with Gasteiger partial charge in [-0.1, -0.05) is 30.3 Å². The molecule has 0 aliphatic heterocycles. The van der Waals surface area contributed by atoms with Crippen molar-refractivity contribution in [1.29, 1.82) is 0 Å². The first kappa shape index (κ1) is 21.7. The lowest BCUT2D eigenvalue weighted by atomic mass is 10.0. The number of methoxy groups -OCH3 is 1. The minimum absolute atomic E-state index is 0.208. The largest absolute Gasteiger partial charge is 0.573 e. The molecular formula is C18H18F3NO5S. The Morgan fingerprint density at radius 1 is 1.07 bits per heavy atom. The van der Waals surface area contributed by atoms with Gasteiger partial charge in [0.1, 0.15) is 5.75 Å². The molecule has 0 spiro atoms. The number of nitrogens with one attached hydrogen (secondary N) is 1. The molecule has 0 aliphatic carbocycles. The van der Waals surface area contributed by atoms with Crippen LogP contribution in [0.3, 0.4) is 0 Å². The molecule has 0 saturated carbocycles. The zero-order valence-corrected chi connectivity index (χ0v) is 15.6. The van der Waals surface area contributed by atoms with E-state index in [9.17, 15) is 26.4 Å². The summed E-state index contributed by atoms with van der Waals surface area (Å²) in [5.41, 5.74) is 0.799. The lowest BCUT2D eigenvalue weighted by Gasteiger charge is -2.18. The van der Waals surface area contributed by atoms with Crippen LogP contribution >= 0.6 is 0 Å². The minimum atomic E-state index is -4.88. The third-order valence-electron chi connectivity index (χ3n) is 3.66. The third-order valence-corrected chi connectivity index (χ3v) is 5.19. The van der Waals surface area contributed by atoms with Gasteiger partial charge in [-0.05, 0) is 36.2 Å². The summed E-state index contributed by atoms with van der Waals surface area (Å²) in [7, 11) is -2.90. The van der Waals surface area contributed by atoms with Gasteiger partial charge < -0.3 is 9.47 Å². The average Bonchev–Trinajstić information content (AvgIpc) is 2.61. The number of hydrogen-bond donors (Lipinski definition) is 1. The summed E-state index contributed by atoms with van der Waals surface area (Å²) in [6.45, 7) is 0. The van der Waals surface area contributed by atoms with Gasteiger partial charge in [0.2, 0.25) is 10.0 Å². The molecule has 2 aromatic carbocycles. The molecule has 0 aromatic heterocycles. The smallest absolute Gasteiger partial charge is 0.469 e. The molecule has 152 valence electrons. The van der Waals surface area contributed by atoms with Crippen molar-refractivity contribution in [2.45, 2.75) is 30.1 Å². The highest BCUT2D eigenvalue weighted by Gasteiger charge is 2.31. The van der Waals surface area contributed by atoms with Crippen LogP contribution in [-0.2, 0) is 26.0 Å². The predicted octanol–water partition coefficient (Wildman–Crippen LogP) is 3.04. The zero-order valence-electron chi connectivity index (χ0n) is 14.8. The molecule has 2 rings (SSSR count). The van der Waals surface area contributed by atoms with Crippen molar-refractivity contribution < 1.29 is 35.9 Å². The highest BCUT2D eigenvalue weighted by atomic mass is 32.2. The molecular weight excluding hydrogens is 399 g/mol. The maximum Gasteiger partial charge on any atom is 0.573 e. The van der Waals surface area contributed by atoms with Crippen LogP contribution in [0, 0.1) is 0 Å². The molecule has 2 aromatic rings. The standard InChI is InChI=1S/C18H18F3NO5S/c1-26-17(23)12-14(11-13-5-3-2-4-6-13)22-28(24,25)16-9-7-15(8-10-16)27-18(19,20)21/h2-10,14,22H,11-12H2,1H3. The van der Waals surface area contributed by atoms with E-state index in [1.807, 2.05) is 0 Å². The van der Waals surface area contributed by atoms with Crippen LogP contribution in [0.1, 0.15) is 12.0 Å². The van der Waals surface area contributed by atoms with E-state index in [0.29, 0.717) is 0 Å². The number of carbonyl (C=O) groups is 1. The second-order valence-corrected chi connectivity index (χ2v) is 7.52. The van der Waals surface area contributed by atoms with Gasteiger partial charge >= 0.3 is 12.3 Å². The monoisotopic (exact) mass is 417 g/mol. The Balaban J connectivity index is 2.17. The van der Waals surface area contributed by atoms with Gasteiger partial charge in [0.25, 0.3) is 0 Å². The topological polar surface area (TPSA) is 81.7 Å². The van der Waals surface area contributed by atoms with Crippen molar-refractivity contribution >= 4 is 16.0 Å². The van der Waals surface area contributed by atoms with E-state index in [-0.39, 0.29) is 17.7 Å². The number of hydrogen-bond acceptors (Lipinski definition) is 5. The molecule has 0 amide bonds. The van der Waals surface area contributed by atoms with Crippen LogP contribution in [-0.4, -0.2) is 33.9 Å². The summed E-state index contributed by atoms with van der Waals surface area (Å²) in [4.78, 5) is 11.4. The molecule has 28 heavy (non-hydrogen) atoms. The number of benzene rings is 2. The zero-order chi connectivity index (χ0) is 20.8. The van der Waals surface area contributed by atoms with E-state index in [1.54, 1.807) is 30.3 Å². The molecule has 0 aliphatic rings. The van der Waals surface area contributed by atoms with Gasteiger partial charge in [-0.3, -0.25) is 4.79 Å². The number of carbonyl (C=O) groups excluding carboxylic acids is 1. The van der Waals surface area contributed by atoms with Gasteiger partial charge in [-0.15, -0.1) is 13.2 Å². The quantitative estimate of drug-likeness (QED) is 0.668. The van der Waals surface area contributed by atoms with E-state index in [0.717, 1.165) is 29.8 Å². The number of rotatable bonds is 8. The first-order valence-electron chi connectivity index (χ1n) is 8.08. The second-order valence-electron chi connectivity index (χ2n) is 5.81. The second kappa shape index (κ2) is 9.07. The van der Waals surface area contributed by atoms with E-state index in [4.69, 9.17) is 0 Å². The van der Waals surface area contributed by atoms with Crippen molar-refractivity contribution in [3.63, 3.8) is 0 Å². The summed E-state index contributed by atoms with van der Waals surface area (Å²) in [6.07, 6.45) is -4.86. The predicted molar refractivity (Wildman–Crippen MR) is 94.0 cm³/mol. The summed E-state index contributed by atoms with van der Waals surface area (Å²) in [5, 5.41) is 0. The number of esters is 1. The van der Waals surface area contributed by atoms with Crippen LogP contribution in [0.5, 0.6) is 5.75 Å². The van der Waals surface area contributed by atoms with Gasteiger partial charge in [0, 0.05) is 6.04 Å². The first-order chi connectivity index (χ1) is 13.1. The Morgan fingerprint density at radius 3 is 2.21 bits per heavy atom. The van der Waals surface area contributed by atoms with Gasteiger partial charge in [-0.2, -0.15) is 0 Å². The Kier molecular flexibility index (Phi) is 7.03. The number of ether oxygens (including phenoxy) is 2. The molecule has 1 unspecified atom stereocenters. The van der Waals surface area contributed by atoms with Crippen molar-refractivity contribution in [2.75, 3.05) is 7.11 Å². The fraction of sp³-hybridized carbons (Fsp3) is 0.278. The first-order valence-corrected chi connectivity index (χ1v) is 9.56. The third kappa shape index (κ3) is 6.86. The number of halogens is 3. The normalized spacial score (nSPS) is 13.0. The molecule has 10 heteroatoms. The number of alkyl halides is 3. The van der Waals surface area contributed by atoms with Crippen LogP contribution in [0.2, 0.25) is 0 Å². The maximum absolute atomic E-state index is 12.6. The van der Waals surface area contributed by atoms with E-state index < -0.39 is 34.1 Å². The highest BCUT2D eigenvalue weighted by molar-refractivity contribution is 7.89. The van der Waals surface area contributed by atoms with E-state index >= 15 is 0 Å². The van der Waals surface area contributed by atoms with Crippen LogP contribution in [0.25, 0.3) is 0 Å². The summed E-state index contributed by atoms with van der Waals surface area (Å²) in [5.74, 6) is -1.14. The van der Waals surface area contributed by atoms with Crippen LogP contribution in [0.4, 0.5) is 13.2 Å². The van der Waals surface area contributed by atoms with Gasteiger partial charge in [0.15, 0.2) is 0 Å². The number of sulfonamides is 1. The van der Waals surface area contributed by atoms with Gasteiger partial charge in [-0.25, -0.2) is 13.1 Å². The van der Waals surface area contributed by atoms with Crippen molar-refractivity contribution in [1.82, 2.24) is 4.72 Å². The van der Waals surface area contributed by atoms with Crippen molar-refractivity contribution in [3.05, 3.63) is 60.2 Å². The Bertz CT molecular complexity index is 884. The maximum atomic E-state index is 12.6. The Hall–Kier alpha value is -2.59. The fourth-order valence-corrected chi connectivity index (χ4v) is 3.68. The molecule has 0 saturated heterocycles. The van der Waals surface area contributed by atoms with Crippen molar-refractivity contribution in [2.24, 2.45) is 0 Å². The molecule has 0 bridgehead atoms. The Labute approximate surface area is 160 Å². The average molecular weight is 417 g/mol. The van der Waals surface area contributed by atoms with Crippen LogP contribution in [0.15, 0.2) is 59.5 Å².